The second kappa shape index (κ2) is 6.82. The van der Waals surface area contributed by atoms with Crippen LogP contribution in [-0.2, 0) is 9.53 Å². The Morgan fingerprint density at radius 3 is 2.53 bits per heavy atom. The molecule has 102 valence electrons. The summed E-state index contributed by atoms with van der Waals surface area (Å²) in [5, 5.41) is 0.275. The molecule has 1 aromatic rings. The van der Waals surface area contributed by atoms with E-state index in [4.69, 9.17) is 11.6 Å². The van der Waals surface area contributed by atoms with Crippen LogP contribution >= 0.6 is 27.5 Å². The van der Waals surface area contributed by atoms with E-state index < -0.39 is 17.7 Å². The van der Waals surface area contributed by atoms with Crippen LogP contribution in [0.4, 0.5) is 0 Å². The zero-order chi connectivity index (χ0) is 14.6. The van der Waals surface area contributed by atoms with Gasteiger partial charge in [-0.1, -0.05) is 27.5 Å². The summed E-state index contributed by atoms with van der Waals surface area (Å²) in [7, 11) is 2.75. The first-order valence-electron chi connectivity index (χ1n) is 5.42. The predicted octanol–water partition coefficient (Wildman–Crippen LogP) is 3.17. The largest absolute Gasteiger partial charge is 0.468 e. The van der Waals surface area contributed by atoms with Crippen LogP contribution in [0, 0.1) is 5.92 Å². The number of rotatable bonds is 4. The molecule has 0 aromatic heterocycles. The van der Waals surface area contributed by atoms with Crippen molar-refractivity contribution in [1.82, 2.24) is 0 Å². The Balaban J connectivity index is 3.23. The highest BCUT2D eigenvalue weighted by molar-refractivity contribution is 9.10. The van der Waals surface area contributed by atoms with Gasteiger partial charge >= 0.3 is 5.97 Å². The Morgan fingerprint density at radius 2 is 2.05 bits per heavy atom. The number of nitrogens with zero attached hydrogens (tertiary/aromatic N) is 1. The number of ether oxygens (including phenoxy) is 1. The van der Waals surface area contributed by atoms with E-state index in [9.17, 15) is 9.59 Å². The topological polar surface area (TPSA) is 55.7 Å². The van der Waals surface area contributed by atoms with Crippen molar-refractivity contribution in [3.8, 4) is 0 Å². The zero-order valence-electron chi connectivity index (χ0n) is 10.7. The average Bonchev–Trinajstić information content (AvgIpc) is 2.38. The quantitative estimate of drug-likeness (QED) is 0.364. The van der Waals surface area contributed by atoms with Gasteiger partial charge in [0.25, 0.3) is 0 Å². The molecule has 19 heavy (non-hydrogen) atoms. The fourth-order valence-corrected chi connectivity index (χ4v) is 2.33. The van der Waals surface area contributed by atoms with E-state index in [1.807, 2.05) is 0 Å². The summed E-state index contributed by atoms with van der Waals surface area (Å²) in [6, 6.07) is 4.85. The number of carbonyl (C=O) groups is 2. The summed E-state index contributed by atoms with van der Waals surface area (Å²) >= 11 is 9.28. The number of esters is 1. The molecule has 6 heteroatoms. The third-order valence-electron chi connectivity index (χ3n) is 2.67. The minimum Gasteiger partial charge on any atom is -0.468 e. The van der Waals surface area contributed by atoms with Gasteiger partial charge in [-0.25, -0.2) is 0 Å². The van der Waals surface area contributed by atoms with Gasteiger partial charge in [0.15, 0.2) is 11.7 Å². The van der Waals surface area contributed by atoms with Gasteiger partial charge in [-0.05, 0) is 25.1 Å². The van der Waals surface area contributed by atoms with E-state index in [2.05, 4.69) is 25.7 Å². The van der Waals surface area contributed by atoms with E-state index in [1.54, 1.807) is 25.1 Å². The molecule has 1 atom stereocenters. The van der Waals surface area contributed by atoms with Gasteiger partial charge in [-0.3, -0.25) is 14.6 Å². The van der Waals surface area contributed by atoms with E-state index in [0.29, 0.717) is 5.71 Å². The molecule has 0 saturated heterocycles. The van der Waals surface area contributed by atoms with E-state index in [-0.39, 0.29) is 10.6 Å². The van der Waals surface area contributed by atoms with Gasteiger partial charge in [-0.2, -0.15) is 0 Å². The van der Waals surface area contributed by atoms with Crippen molar-refractivity contribution in [1.29, 1.82) is 0 Å². The standard InChI is InChI=1S/C13H13BrClNO3/c1-7(16-2)11(13(18)19-3)12(17)9-5-4-8(14)6-10(9)15/h4-6,11H,1-3H3. The highest BCUT2D eigenvalue weighted by Crippen LogP contribution is 2.24. The molecule has 0 bridgehead atoms. The molecule has 4 nitrogen and oxygen atoms in total. The normalized spacial score (nSPS) is 13.0. The molecule has 1 unspecified atom stereocenters. The van der Waals surface area contributed by atoms with Crippen molar-refractivity contribution in [3.05, 3.63) is 33.3 Å². The molecular formula is C13H13BrClNO3. The molecule has 0 spiro atoms. The van der Waals surface area contributed by atoms with Crippen molar-refractivity contribution < 1.29 is 14.3 Å². The van der Waals surface area contributed by atoms with Crippen LogP contribution < -0.4 is 0 Å². The first-order chi connectivity index (χ1) is 8.92. The van der Waals surface area contributed by atoms with Crippen LogP contribution in [0.2, 0.25) is 5.02 Å². The lowest BCUT2D eigenvalue weighted by Gasteiger charge is -2.14. The maximum Gasteiger partial charge on any atom is 0.322 e. The molecular weight excluding hydrogens is 334 g/mol. The molecule has 0 fully saturated rings. The van der Waals surface area contributed by atoms with Crippen LogP contribution in [0.5, 0.6) is 0 Å². The second-order valence-corrected chi connectivity index (χ2v) is 5.13. The predicted molar refractivity (Wildman–Crippen MR) is 78.0 cm³/mol. The van der Waals surface area contributed by atoms with Crippen molar-refractivity contribution in [2.75, 3.05) is 14.2 Å². The molecule has 0 aliphatic carbocycles. The van der Waals surface area contributed by atoms with Crippen LogP contribution in [0.1, 0.15) is 17.3 Å². The van der Waals surface area contributed by atoms with Crippen LogP contribution in [-0.4, -0.2) is 31.6 Å². The summed E-state index contributed by atoms with van der Waals surface area (Å²) < 4.78 is 5.40. The third-order valence-corrected chi connectivity index (χ3v) is 3.47. The second-order valence-electron chi connectivity index (χ2n) is 3.81. The fraction of sp³-hybridized carbons (Fsp3) is 0.308. The lowest BCUT2D eigenvalue weighted by atomic mass is 9.93. The Kier molecular flexibility index (Phi) is 5.69. The molecule has 0 aliphatic heterocycles. The highest BCUT2D eigenvalue weighted by Gasteiger charge is 2.32. The minimum absolute atomic E-state index is 0.267. The van der Waals surface area contributed by atoms with Crippen molar-refractivity contribution in [2.24, 2.45) is 10.9 Å². The first kappa shape index (κ1) is 15.9. The molecule has 0 saturated carbocycles. The molecule has 1 rings (SSSR count). The number of halogens is 2. The SMILES string of the molecule is CN=C(C)C(C(=O)OC)C(=O)c1ccc(Br)cc1Cl. The van der Waals surface area contributed by atoms with Crippen LogP contribution in [0.15, 0.2) is 27.7 Å². The van der Waals surface area contributed by atoms with Crippen molar-refractivity contribution in [2.45, 2.75) is 6.92 Å². The number of benzene rings is 1. The number of ketones is 1. The monoisotopic (exact) mass is 345 g/mol. The maximum absolute atomic E-state index is 12.4. The smallest absolute Gasteiger partial charge is 0.322 e. The number of hydrogen-bond donors (Lipinski definition) is 0. The summed E-state index contributed by atoms with van der Waals surface area (Å²) in [4.78, 5) is 28.0. The lowest BCUT2D eigenvalue weighted by Crippen LogP contribution is -2.31. The molecule has 1 aromatic carbocycles. The molecule has 0 radical (unpaired) electrons. The van der Waals surface area contributed by atoms with E-state index in [1.165, 1.54) is 14.2 Å². The number of Topliss-reactive ketones (excluding diaryl/α,β-unsaturated/α-hetero) is 1. The summed E-state index contributed by atoms with van der Waals surface area (Å²) in [6.07, 6.45) is 0. The number of hydrogen-bond acceptors (Lipinski definition) is 4. The maximum atomic E-state index is 12.4. The number of aliphatic imine (C=N–C) groups is 1. The molecule has 0 amide bonds. The Bertz CT molecular complexity index is 543. The Labute approximate surface area is 124 Å². The molecule has 0 aliphatic rings. The zero-order valence-corrected chi connectivity index (χ0v) is 13.1. The third kappa shape index (κ3) is 3.64. The minimum atomic E-state index is -1.06. The van der Waals surface area contributed by atoms with E-state index in [0.717, 1.165) is 4.47 Å². The summed E-state index contributed by atoms with van der Waals surface area (Å²) in [5.74, 6) is -2.13. The Hall–Kier alpha value is -1.20. The van der Waals surface area contributed by atoms with Crippen LogP contribution in [0.25, 0.3) is 0 Å². The van der Waals surface area contributed by atoms with Crippen molar-refractivity contribution in [3.63, 3.8) is 0 Å². The van der Waals surface area contributed by atoms with Crippen molar-refractivity contribution >= 4 is 45.0 Å². The fourth-order valence-electron chi connectivity index (χ4n) is 1.56. The molecule has 0 N–H and O–H groups in total. The summed E-state index contributed by atoms with van der Waals surface area (Å²) in [6.45, 7) is 1.60. The average molecular weight is 347 g/mol. The lowest BCUT2D eigenvalue weighted by molar-refractivity contribution is -0.141. The van der Waals surface area contributed by atoms with E-state index >= 15 is 0 Å². The van der Waals surface area contributed by atoms with Gasteiger partial charge < -0.3 is 4.74 Å². The highest BCUT2D eigenvalue weighted by atomic mass is 79.9. The first-order valence-corrected chi connectivity index (χ1v) is 6.59. The number of methoxy groups -OCH3 is 1. The van der Waals surface area contributed by atoms with Gasteiger partial charge in [-0.15, -0.1) is 0 Å². The van der Waals surface area contributed by atoms with Gasteiger partial charge in [0.2, 0.25) is 0 Å². The van der Waals surface area contributed by atoms with Gasteiger partial charge in [0.1, 0.15) is 0 Å². The Morgan fingerprint density at radius 1 is 1.42 bits per heavy atom. The number of carbonyl (C=O) groups excluding carboxylic acids is 2. The van der Waals surface area contributed by atoms with Crippen LogP contribution in [0.3, 0.4) is 0 Å². The van der Waals surface area contributed by atoms with Gasteiger partial charge in [0, 0.05) is 22.8 Å². The summed E-state index contributed by atoms with van der Waals surface area (Å²) in [5.41, 5.74) is 0.652. The molecule has 0 heterocycles. The van der Waals surface area contributed by atoms with Gasteiger partial charge in [0.05, 0.1) is 12.1 Å².